The van der Waals surface area contributed by atoms with Gasteiger partial charge in [0.25, 0.3) is 0 Å². The number of carbonyl (C=O) groups is 2. The SMILES string of the molecule is Cc1[nH]c2ccccc2c1CC(=O)N1CCc2nnc([C@@H](NC(=O)[C@@H]3CCOC3)C(C)C)n2CC1. The number of ether oxygens (including phenoxy) is 1. The number of aromatic nitrogens is 4. The molecule has 2 aromatic heterocycles. The van der Waals surface area contributed by atoms with Crippen LogP contribution in [0.5, 0.6) is 0 Å². The Labute approximate surface area is 205 Å². The Morgan fingerprint density at radius 1 is 1.20 bits per heavy atom. The van der Waals surface area contributed by atoms with Gasteiger partial charge in [-0.2, -0.15) is 0 Å². The lowest BCUT2D eigenvalue weighted by Gasteiger charge is -2.24. The Kier molecular flexibility index (Phi) is 6.60. The topological polar surface area (TPSA) is 105 Å². The number of nitrogens with one attached hydrogen (secondary N) is 2. The molecule has 2 atom stereocenters. The number of carbonyl (C=O) groups excluding carboxylic acids is 2. The molecule has 2 aliphatic rings. The Morgan fingerprint density at radius 2 is 2.03 bits per heavy atom. The summed E-state index contributed by atoms with van der Waals surface area (Å²) >= 11 is 0. The Balaban J connectivity index is 1.29. The highest BCUT2D eigenvalue weighted by molar-refractivity contribution is 5.90. The number of aryl methyl sites for hydroxylation is 1. The third-order valence-corrected chi connectivity index (χ3v) is 7.31. The first-order valence-corrected chi connectivity index (χ1v) is 12.6. The molecule has 4 heterocycles. The van der Waals surface area contributed by atoms with E-state index in [4.69, 9.17) is 4.74 Å². The molecule has 1 fully saturated rings. The average molecular weight is 479 g/mol. The summed E-state index contributed by atoms with van der Waals surface area (Å²) in [6, 6.07) is 7.88. The molecule has 9 heteroatoms. The number of nitrogens with zero attached hydrogens (tertiary/aromatic N) is 4. The number of fused-ring (bicyclic) bond motifs is 2. The number of para-hydroxylation sites is 1. The fraction of sp³-hybridized carbons (Fsp3) is 0.538. The summed E-state index contributed by atoms with van der Waals surface area (Å²) in [6.07, 6.45) is 1.76. The van der Waals surface area contributed by atoms with Crippen molar-refractivity contribution in [2.75, 3.05) is 26.3 Å². The van der Waals surface area contributed by atoms with E-state index in [2.05, 4.69) is 45.0 Å². The molecule has 3 aromatic rings. The van der Waals surface area contributed by atoms with Crippen LogP contribution in [0.25, 0.3) is 10.9 Å². The molecular formula is C26H34N6O3. The maximum Gasteiger partial charge on any atom is 0.227 e. The molecule has 5 rings (SSSR count). The lowest BCUT2D eigenvalue weighted by molar-refractivity contribution is -0.130. The van der Waals surface area contributed by atoms with Crippen LogP contribution in [0.15, 0.2) is 24.3 Å². The van der Waals surface area contributed by atoms with Crippen LogP contribution in [-0.4, -0.2) is 62.8 Å². The van der Waals surface area contributed by atoms with Crippen molar-refractivity contribution in [2.24, 2.45) is 11.8 Å². The van der Waals surface area contributed by atoms with Crippen molar-refractivity contribution in [2.45, 2.75) is 52.6 Å². The minimum atomic E-state index is -0.236. The summed E-state index contributed by atoms with van der Waals surface area (Å²) in [5.74, 6) is 1.81. The van der Waals surface area contributed by atoms with Gasteiger partial charge >= 0.3 is 0 Å². The molecule has 1 aromatic carbocycles. The van der Waals surface area contributed by atoms with Gasteiger partial charge in [0.15, 0.2) is 5.82 Å². The number of aromatic amines is 1. The van der Waals surface area contributed by atoms with Gasteiger partial charge in [0.1, 0.15) is 5.82 Å². The van der Waals surface area contributed by atoms with Crippen LogP contribution in [0.3, 0.4) is 0 Å². The molecule has 2 amide bonds. The summed E-state index contributed by atoms with van der Waals surface area (Å²) in [5.41, 5.74) is 3.16. The number of rotatable bonds is 6. The van der Waals surface area contributed by atoms with Crippen molar-refractivity contribution in [3.63, 3.8) is 0 Å². The van der Waals surface area contributed by atoms with Gasteiger partial charge in [-0.05, 0) is 30.9 Å². The molecule has 35 heavy (non-hydrogen) atoms. The van der Waals surface area contributed by atoms with Crippen molar-refractivity contribution in [3.8, 4) is 0 Å². The largest absolute Gasteiger partial charge is 0.381 e. The second kappa shape index (κ2) is 9.81. The molecule has 2 aliphatic heterocycles. The van der Waals surface area contributed by atoms with Gasteiger partial charge in [-0.3, -0.25) is 9.59 Å². The first kappa shape index (κ1) is 23.5. The Bertz CT molecular complexity index is 1220. The minimum Gasteiger partial charge on any atom is -0.381 e. The van der Waals surface area contributed by atoms with Crippen molar-refractivity contribution in [1.29, 1.82) is 0 Å². The molecule has 2 N–H and O–H groups in total. The number of hydrogen-bond acceptors (Lipinski definition) is 5. The maximum atomic E-state index is 13.3. The van der Waals surface area contributed by atoms with Crippen LogP contribution in [0.2, 0.25) is 0 Å². The fourth-order valence-electron chi connectivity index (χ4n) is 5.19. The van der Waals surface area contributed by atoms with Crippen molar-refractivity contribution in [1.82, 2.24) is 30.0 Å². The number of benzene rings is 1. The standard InChI is InChI=1S/C26H34N6O3/c1-16(2)24(28-26(34)18-9-13-35-15-18)25-30-29-22-8-10-31(11-12-32(22)25)23(33)14-20-17(3)27-21-7-5-4-6-19(20)21/h4-7,16,18,24,27H,8-15H2,1-3H3,(H,28,34)/t18-,24+/m1/s1. The zero-order chi connectivity index (χ0) is 24.5. The van der Waals surface area contributed by atoms with E-state index in [1.807, 2.05) is 30.0 Å². The van der Waals surface area contributed by atoms with Gasteiger partial charge in [-0.15, -0.1) is 10.2 Å². The zero-order valence-corrected chi connectivity index (χ0v) is 20.7. The molecule has 0 unspecified atom stereocenters. The molecular weight excluding hydrogens is 444 g/mol. The second-order valence-corrected chi connectivity index (χ2v) is 10.00. The third kappa shape index (κ3) is 4.69. The highest BCUT2D eigenvalue weighted by atomic mass is 16.5. The predicted octanol–water partition coefficient (Wildman–Crippen LogP) is 2.55. The van der Waals surface area contributed by atoms with Gasteiger partial charge in [0.2, 0.25) is 11.8 Å². The summed E-state index contributed by atoms with van der Waals surface area (Å²) in [4.78, 5) is 31.4. The molecule has 0 spiro atoms. The van der Waals surface area contributed by atoms with Crippen molar-refractivity contribution < 1.29 is 14.3 Å². The van der Waals surface area contributed by atoms with Crippen LogP contribution in [0.4, 0.5) is 0 Å². The van der Waals surface area contributed by atoms with E-state index < -0.39 is 0 Å². The molecule has 1 saturated heterocycles. The summed E-state index contributed by atoms with van der Waals surface area (Å²) in [5, 5.41) is 13.2. The van der Waals surface area contributed by atoms with E-state index in [-0.39, 0.29) is 29.7 Å². The van der Waals surface area contributed by atoms with Crippen molar-refractivity contribution >= 4 is 22.7 Å². The Hall–Kier alpha value is -3.20. The summed E-state index contributed by atoms with van der Waals surface area (Å²) in [7, 11) is 0. The van der Waals surface area contributed by atoms with Gasteiger partial charge in [-0.1, -0.05) is 32.0 Å². The first-order chi connectivity index (χ1) is 16.9. The van der Waals surface area contributed by atoms with E-state index in [0.717, 1.165) is 40.2 Å². The first-order valence-electron chi connectivity index (χ1n) is 12.6. The minimum absolute atomic E-state index is 0.0121. The normalized spacial score (nSPS) is 19.1. The monoisotopic (exact) mass is 478 g/mol. The van der Waals surface area contributed by atoms with E-state index in [0.29, 0.717) is 45.7 Å². The van der Waals surface area contributed by atoms with Gasteiger partial charge in [0, 0.05) is 49.3 Å². The molecule has 0 radical (unpaired) electrons. The summed E-state index contributed by atoms with van der Waals surface area (Å²) in [6.45, 7) is 9.10. The van der Waals surface area contributed by atoms with Crippen LogP contribution in [0, 0.1) is 18.8 Å². The number of amides is 2. The summed E-state index contributed by atoms with van der Waals surface area (Å²) < 4.78 is 7.48. The van der Waals surface area contributed by atoms with Gasteiger partial charge in [0.05, 0.1) is 25.0 Å². The molecule has 0 saturated carbocycles. The molecule has 0 aliphatic carbocycles. The highest BCUT2D eigenvalue weighted by Gasteiger charge is 2.31. The van der Waals surface area contributed by atoms with Crippen LogP contribution in [0.1, 0.15) is 49.2 Å². The van der Waals surface area contributed by atoms with Gasteiger partial charge in [-0.25, -0.2) is 0 Å². The second-order valence-electron chi connectivity index (χ2n) is 10.00. The van der Waals surface area contributed by atoms with E-state index in [1.165, 1.54) is 0 Å². The number of H-pyrrole nitrogens is 1. The molecule has 186 valence electrons. The van der Waals surface area contributed by atoms with E-state index in [1.54, 1.807) is 0 Å². The molecule has 9 nitrogen and oxygen atoms in total. The zero-order valence-electron chi connectivity index (χ0n) is 20.7. The maximum absolute atomic E-state index is 13.3. The average Bonchev–Trinajstić information content (AvgIpc) is 3.54. The molecule has 0 bridgehead atoms. The van der Waals surface area contributed by atoms with Crippen molar-refractivity contribution in [3.05, 3.63) is 47.2 Å². The van der Waals surface area contributed by atoms with Crippen LogP contribution < -0.4 is 5.32 Å². The number of hydrogen-bond donors (Lipinski definition) is 2. The van der Waals surface area contributed by atoms with E-state index in [9.17, 15) is 9.59 Å². The predicted molar refractivity (Wildman–Crippen MR) is 132 cm³/mol. The third-order valence-electron chi connectivity index (χ3n) is 7.31. The lowest BCUT2D eigenvalue weighted by atomic mass is 10.0. The van der Waals surface area contributed by atoms with E-state index >= 15 is 0 Å². The lowest BCUT2D eigenvalue weighted by Crippen LogP contribution is -2.38. The van der Waals surface area contributed by atoms with Crippen LogP contribution in [-0.2, 0) is 33.7 Å². The fourth-order valence-corrected chi connectivity index (χ4v) is 5.19. The van der Waals surface area contributed by atoms with Crippen LogP contribution >= 0.6 is 0 Å². The quantitative estimate of drug-likeness (QED) is 0.567. The highest BCUT2D eigenvalue weighted by Crippen LogP contribution is 2.26. The smallest absolute Gasteiger partial charge is 0.227 e. The Morgan fingerprint density at radius 3 is 2.80 bits per heavy atom. The van der Waals surface area contributed by atoms with Gasteiger partial charge < -0.3 is 24.5 Å².